The summed E-state index contributed by atoms with van der Waals surface area (Å²) in [5, 5.41) is 0. The number of rotatable bonds is 3. The Morgan fingerprint density at radius 2 is 1.20 bits per heavy atom. The van der Waals surface area contributed by atoms with Crippen molar-refractivity contribution in [1.82, 2.24) is 0 Å². The van der Waals surface area contributed by atoms with Crippen molar-refractivity contribution in [3.8, 4) is 0 Å². The summed E-state index contributed by atoms with van der Waals surface area (Å²) >= 11 is 0. The molecule has 0 aliphatic rings. The van der Waals surface area contributed by atoms with Crippen LogP contribution in [0.25, 0.3) is 0 Å². The van der Waals surface area contributed by atoms with E-state index < -0.39 is 0 Å². The van der Waals surface area contributed by atoms with Crippen molar-refractivity contribution in [3.63, 3.8) is 0 Å². The highest BCUT2D eigenvalue weighted by Crippen LogP contribution is 1.76. The van der Waals surface area contributed by atoms with Crippen molar-refractivity contribution in [2.75, 3.05) is 0 Å². The van der Waals surface area contributed by atoms with Gasteiger partial charge in [-0.1, -0.05) is 77.2 Å². The molecule has 0 saturated carbocycles. The van der Waals surface area contributed by atoms with E-state index in [1.807, 2.05) is 39.0 Å². The van der Waals surface area contributed by atoms with Crippen molar-refractivity contribution in [2.24, 2.45) is 0 Å². The van der Waals surface area contributed by atoms with Crippen LogP contribution in [0.5, 0.6) is 0 Å². The van der Waals surface area contributed by atoms with Crippen LogP contribution in [0.3, 0.4) is 0 Å². The Morgan fingerprint density at radius 1 is 0.950 bits per heavy atom. The molecule has 0 atom stereocenters. The van der Waals surface area contributed by atoms with Gasteiger partial charge in [0.2, 0.25) is 0 Å². The Labute approximate surface area is 132 Å². The Kier molecular flexibility index (Phi) is 103. The Balaban J connectivity index is -0.0000000331. The molecule has 0 aliphatic heterocycles. The standard InChI is InChI=1S/C4H10.2C4H8.2C4H6.H2/c5*1-3-4-2;/h3-4H2,1-2H3;3-4H,1-2H3;3H,1,4H2,2H3;3H,1H2,2H3;3-4H,1-2H2;1H/q;;;+2;;/b;4-3+;;;;. The second-order valence-corrected chi connectivity index (χ2v) is 3.33. The van der Waals surface area contributed by atoms with Crippen LogP contribution in [0.4, 0.5) is 0 Å². The largest absolute Gasteiger partial charge is 0.321 e. The van der Waals surface area contributed by atoms with E-state index in [0.717, 1.165) is 6.42 Å². The lowest BCUT2D eigenvalue weighted by atomic mass is 10.4. The van der Waals surface area contributed by atoms with E-state index in [0.29, 0.717) is 0 Å². The molecule has 0 heteroatoms. The Bertz CT molecular complexity index is 162. The lowest BCUT2D eigenvalue weighted by molar-refractivity contribution is 0.886. The van der Waals surface area contributed by atoms with E-state index in [9.17, 15) is 0 Å². The first-order valence-electron chi connectivity index (χ1n) is 7.27. The summed E-state index contributed by atoms with van der Waals surface area (Å²) in [5.74, 6) is 0. The summed E-state index contributed by atoms with van der Waals surface area (Å²) in [6.45, 7) is 25.8. The molecule has 0 N–H and O–H groups in total. The van der Waals surface area contributed by atoms with Crippen LogP contribution in [0, 0.1) is 13.0 Å². The molecule has 0 spiro atoms. The maximum Gasteiger partial charge on any atom is 0.321 e. The van der Waals surface area contributed by atoms with Gasteiger partial charge in [-0.3, -0.25) is 0 Å². The third-order valence-electron chi connectivity index (χ3n) is 1.49. The third-order valence-corrected chi connectivity index (χ3v) is 1.49. The quantitative estimate of drug-likeness (QED) is 0.281. The molecule has 0 saturated heterocycles. The SMILES string of the molecule is C/C=C/C.C=CC=C.C=CCC.CCCC.[CH2+]C=[C+]C.[HH]. The van der Waals surface area contributed by atoms with Crippen molar-refractivity contribution >= 4 is 0 Å². The summed E-state index contributed by atoms with van der Waals surface area (Å²) < 4.78 is 0. The summed E-state index contributed by atoms with van der Waals surface area (Å²) in [6, 6.07) is 0. The zero-order valence-corrected chi connectivity index (χ0v) is 14.9. The summed E-state index contributed by atoms with van der Waals surface area (Å²) in [5.41, 5.74) is 0. The average Bonchev–Trinajstić information content (AvgIpc) is 2.55. The Morgan fingerprint density at radius 3 is 1.20 bits per heavy atom. The highest BCUT2D eigenvalue weighted by Gasteiger charge is 1.66. The molecular weight excluding hydrogens is 240 g/mol. The van der Waals surface area contributed by atoms with Crippen molar-refractivity contribution < 1.29 is 1.43 Å². The van der Waals surface area contributed by atoms with Crippen LogP contribution in [-0.2, 0) is 0 Å². The van der Waals surface area contributed by atoms with Gasteiger partial charge in [0, 0.05) is 1.43 Å². The van der Waals surface area contributed by atoms with Crippen LogP contribution in [0.15, 0.2) is 56.2 Å². The minimum Gasteiger partial charge on any atom is -0.103 e. The zero-order valence-electron chi connectivity index (χ0n) is 14.9. The van der Waals surface area contributed by atoms with Crippen LogP contribution in [0.1, 0.15) is 62.2 Å². The fraction of sp³-hybridized carbons (Fsp3) is 0.450. The first kappa shape index (κ1) is 31.1. The van der Waals surface area contributed by atoms with Gasteiger partial charge < -0.3 is 0 Å². The van der Waals surface area contributed by atoms with Crippen molar-refractivity contribution in [1.29, 1.82) is 0 Å². The van der Waals surface area contributed by atoms with Crippen molar-refractivity contribution in [2.45, 2.75) is 60.8 Å². The van der Waals surface area contributed by atoms with Gasteiger partial charge >= 0.3 is 6.08 Å². The zero-order chi connectivity index (χ0) is 17.1. The van der Waals surface area contributed by atoms with Gasteiger partial charge in [0.15, 0.2) is 6.92 Å². The summed E-state index contributed by atoms with van der Waals surface area (Å²) in [4.78, 5) is 0. The normalized spacial score (nSPS) is 7.10. The van der Waals surface area contributed by atoms with Gasteiger partial charge in [-0.2, -0.15) is 0 Å². The molecule has 0 rings (SSSR count). The van der Waals surface area contributed by atoms with Gasteiger partial charge in [-0.25, -0.2) is 0 Å². The smallest absolute Gasteiger partial charge is 0.103 e. The predicted molar refractivity (Wildman–Crippen MR) is 103 cm³/mol. The topological polar surface area (TPSA) is 0 Å². The van der Waals surface area contributed by atoms with E-state index >= 15 is 0 Å². The number of hydrogen-bond acceptors (Lipinski definition) is 0. The van der Waals surface area contributed by atoms with E-state index in [1.54, 1.807) is 18.2 Å². The monoisotopic (exact) mass is 280 g/mol. The van der Waals surface area contributed by atoms with Crippen LogP contribution in [0.2, 0.25) is 0 Å². The molecule has 0 amide bonds. The highest BCUT2D eigenvalue weighted by atomic mass is 13.6. The molecule has 0 unspecified atom stereocenters. The lowest BCUT2D eigenvalue weighted by Crippen LogP contribution is -1.47. The number of allylic oxidation sites excluding steroid dienone is 7. The van der Waals surface area contributed by atoms with Crippen LogP contribution >= 0.6 is 0 Å². The second-order valence-electron chi connectivity index (χ2n) is 3.33. The molecular formula is C20H40+2. The van der Waals surface area contributed by atoms with Gasteiger partial charge in [0.25, 0.3) is 6.08 Å². The molecule has 0 heterocycles. The third kappa shape index (κ3) is 326. The van der Waals surface area contributed by atoms with Crippen molar-refractivity contribution in [3.05, 3.63) is 69.2 Å². The molecule has 20 heavy (non-hydrogen) atoms. The number of unbranched alkanes of at least 4 members (excludes halogenated alkanes) is 1. The van der Waals surface area contributed by atoms with E-state index in [-0.39, 0.29) is 1.43 Å². The van der Waals surface area contributed by atoms with Gasteiger partial charge in [0.1, 0.15) is 6.92 Å². The molecule has 0 fully saturated rings. The first-order valence-corrected chi connectivity index (χ1v) is 7.27. The second kappa shape index (κ2) is 66.0. The van der Waals surface area contributed by atoms with Gasteiger partial charge in [-0.15, -0.1) is 6.58 Å². The van der Waals surface area contributed by atoms with E-state index in [4.69, 9.17) is 0 Å². The molecule has 0 nitrogen and oxygen atoms in total. The molecule has 0 aromatic carbocycles. The summed E-state index contributed by atoms with van der Waals surface area (Å²) in [6.07, 6.45) is 17.2. The molecule has 118 valence electrons. The Hall–Kier alpha value is -1.52. The maximum atomic E-state index is 3.48. The van der Waals surface area contributed by atoms with Gasteiger partial charge in [0.05, 0.1) is 0 Å². The van der Waals surface area contributed by atoms with Crippen LogP contribution in [-0.4, -0.2) is 0 Å². The number of hydrogen-bond donors (Lipinski definition) is 0. The highest BCUT2D eigenvalue weighted by molar-refractivity contribution is 4.88. The minimum absolute atomic E-state index is 0. The van der Waals surface area contributed by atoms with E-state index in [2.05, 4.69) is 53.5 Å². The predicted octanol–water partition coefficient (Wildman–Crippen LogP) is 7.78. The molecule has 0 aromatic rings. The molecule has 0 radical (unpaired) electrons. The van der Waals surface area contributed by atoms with Crippen LogP contribution < -0.4 is 0 Å². The molecule has 0 aliphatic carbocycles. The fourth-order valence-electron chi connectivity index (χ4n) is 0. The average molecular weight is 281 g/mol. The lowest BCUT2D eigenvalue weighted by Gasteiger charge is -1.68. The van der Waals surface area contributed by atoms with E-state index in [1.165, 1.54) is 12.8 Å². The summed E-state index contributed by atoms with van der Waals surface area (Å²) in [7, 11) is 0. The maximum absolute atomic E-state index is 3.48. The first-order chi connectivity index (χ1) is 9.57. The molecule has 0 bridgehead atoms. The minimum atomic E-state index is 0. The molecule has 0 aromatic heterocycles. The van der Waals surface area contributed by atoms with Gasteiger partial charge in [-0.05, 0) is 20.3 Å². The fourth-order valence-corrected chi connectivity index (χ4v) is 0.